The lowest BCUT2D eigenvalue weighted by molar-refractivity contribution is -0.118. The van der Waals surface area contributed by atoms with Crippen LogP contribution in [0.3, 0.4) is 0 Å². The van der Waals surface area contributed by atoms with Gasteiger partial charge in [-0.05, 0) is 56.0 Å². The Morgan fingerprint density at radius 3 is 2.10 bits per heavy atom. The number of amides is 2. The summed E-state index contributed by atoms with van der Waals surface area (Å²) in [7, 11) is -2.74. The lowest BCUT2D eigenvalue weighted by atomic mass is 9.87. The molecule has 2 aromatic carbocycles. The van der Waals surface area contributed by atoms with Gasteiger partial charge in [-0.2, -0.15) is 9.97 Å². The van der Waals surface area contributed by atoms with E-state index in [4.69, 9.17) is 24.7 Å². The fraction of sp³-hybridized carbons (Fsp3) is 0.455. The van der Waals surface area contributed by atoms with Crippen molar-refractivity contribution >= 4 is 33.8 Å². The molecule has 0 atom stereocenters. The van der Waals surface area contributed by atoms with Crippen LogP contribution < -0.4 is 29.6 Å². The van der Waals surface area contributed by atoms with E-state index in [2.05, 4.69) is 14.7 Å². The Morgan fingerprint density at radius 1 is 0.917 bits per heavy atom. The second-order valence-electron chi connectivity index (χ2n) is 13.2. The zero-order valence-corrected chi connectivity index (χ0v) is 29.2. The first-order chi connectivity index (χ1) is 22.5. The van der Waals surface area contributed by atoms with E-state index in [0.29, 0.717) is 31.9 Å². The van der Waals surface area contributed by atoms with Crippen LogP contribution in [-0.4, -0.2) is 80.8 Å². The molecule has 0 unspecified atom stereocenters. The van der Waals surface area contributed by atoms with Crippen LogP contribution in [0.15, 0.2) is 53.4 Å². The Morgan fingerprint density at radius 2 is 1.54 bits per heavy atom. The van der Waals surface area contributed by atoms with Crippen LogP contribution in [-0.2, 0) is 25.0 Å². The first-order valence-corrected chi connectivity index (χ1v) is 17.0. The molecule has 1 fully saturated rings. The smallest absolute Gasteiger partial charge is 0.410 e. The number of hydrogen-bond donors (Lipinski definition) is 2. The van der Waals surface area contributed by atoms with Gasteiger partial charge in [0.25, 0.3) is 15.9 Å². The molecule has 4 rings (SSSR count). The maximum absolute atomic E-state index is 13.8. The molecule has 3 N–H and O–H groups in total. The van der Waals surface area contributed by atoms with Crippen molar-refractivity contribution in [3.05, 3.63) is 54.1 Å². The van der Waals surface area contributed by atoms with Crippen molar-refractivity contribution in [3.63, 3.8) is 0 Å². The van der Waals surface area contributed by atoms with Crippen molar-refractivity contribution < 1.29 is 37.0 Å². The highest BCUT2D eigenvalue weighted by Crippen LogP contribution is 2.42. The predicted octanol–water partition coefficient (Wildman–Crippen LogP) is 4.69. The zero-order valence-electron chi connectivity index (χ0n) is 28.4. The maximum atomic E-state index is 13.8. The number of primary amides is 1. The molecule has 15 heteroatoms. The Balaban J connectivity index is 1.77. The molecule has 1 aliphatic heterocycles. The minimum atomic E-state index is -4.21. The summed E-state index contributed by atoms with van der Waals surface area (Å²) in [4.78, 5) is 36.8. The molecule has 14 nitrogen and oxygen atoms in total. The first kappa shape index (κ1) is 36.1. The largest absolute Gasteiger partial charge is 0.493 e. The number of benzene rings is 2. The Kier molecular flexibility index (Phi) is 10.9. The average molecular weight is 685 g/mol. The van der Waals surface area contributed by atoms with E-state index < -0.39 is 27.6 Å². The Hall–Kier alpha value is -4.79. The number of rotatable bonds is 11. The predicted molar refractivity (Wildman–Crippen MR) is 180 cm³/mol. The number of para-hydroxylation sites is 2. The van der Waals surface area contributed by atoms with E-state index in [9.17, 15) is 18.0 Å². The van der Waals surface area contributed by atoms with Gasteiger partial charge in [-0.3, -0.25) is 9.52 Å². The maximum Gasteiger partial charge on any atom is 0.410 e. The van der Waals surface area contributed by atoms with Gasteiger partial charge in [0.1, 0.15) is 5.60 Å². The normalized spacial score (nSPS) is 13.9. The van der Waals surface area contributed by atoms with E-state index in [0.717, 1.165) is 5.56 Å². The number of sulfonamides is 1. The van der Waals surface area contributed by atoms with Gasteiger partial charge in [0.15, 0.2) is 17.3 Å². The van der Waals surface area contributed by atoms with Crippen LogP contribution in [0.5, 0.6) is 23.1 Å². The summed E-state index contributed by atoms with van der Waals surface area (Å²) in [5, 5.41) is 0. The monoisotopic (exact) mass is 684 g/mol. The van der Waals surface area contributed by atoms with Crippen LogP contribution in [0, 0.1) is 0 Å². The molecule has 0 radical (unpaired) electrons. The van der Waals surface area contributed by atoms with Gasteiger partial charge in [0, 0.05) is 26.2 Å². The summed E-state index contributed by atoms with van der Waals surface area (Å²) in [5.74, 6) is -0.408. The van der Waals surface area contributed by atoms with Gasteiger partial charge in [-0.1, -0.05) is 45.0 Å². The fourth-order valence-corrected chi connectivity index (χ4v) is 5.62. The number of aromatic nitrogens is 2. The number of methoxy groups -OCH3 is 1. The number of hydrogen-bond acceptors (Lipinski definition) is 11. The van der Waals surface area contributed by atoms with Crippen molar-refractivity contribution in [3.8, 4) is 23.1 Å². The standard InChI is InChI=1S/C33H44N6O8S/c1-32(2,3)22-12-14-23(15-13-22)48(42,43)37-28-27(46-25-11-9-8-10-24(25)44-7)29(45-21-16-26(34)40)36-30(35-28)38-17-19-39(20-18-38)31(41)47-33(4,5)6/h8-15H,16-21H2,1-7H3,(H2,34,40)(H,35,36,37). The number of carbonyl (C=O) groups excluding carboxylic acids is 2. The summed E-state index contributed by atoms with van der Waals surface area (Å²) in [5.41, 5.74) is 5.48. The number of nitrogens with two attached hydrogens (primary N) is 1. The fourth-order valence-electron chi connectivity index (χ4n) is 4.62. The molecule has 0 bridgehead atoms. The van der Waals surface area contributed by atoms with Crippen LogP contribution in [0.1, 0.15) is 53.5 Å². The van der Waals surface area contributed by atoms with E-state index >= 15 is 0 Å². The molecule has 1 saturated heterocycles. The summed E-state index contributed by atoms with van der Waals surface area (Å²) < 4.78 is 53.2. The van der Waals surface area contributed by atoms with E-state index in [-0.39, 0.29) is 52.5 Å². The van der Waals surface area contributed by atoms with E-state index in [1.54, 1.807) is 67.0 Å². The number of ether oxygens (including phenoxy) is 4. The lowest BCUT2D eigenvalue weighted by Gasteiger charge is -2.35. The minimum absolute atomic E-state index is 0.000996. The van der Waals surface area contributed by atoms with Crippen molar-refractivity contribution in [2.24, 2.45) is 5.73 Å². The highest BCUT2D eigenvalue weighted by Gasteiger charge is 2.30. The summed E-state index contributed by atoms with van der Waals surface area (Å²) in [6.07, 6.45) is -0.576. The van der Waals surface area contributed by atoms with Gasteiger partial charge in [0.05, 0.1) is 25.0 Å². The van der Waals surface area contributed by atoms with Gasteiger partial charge < -0.3 is 34.5 Å². The van der Waals surface area contributed by atoms with Gasteiger partial charge in [0.2, 0.25) is 17.6 Å². The van der Waals surface area contributed by atoms with Crippen LogP contribution >= 0.6 is 0 Å². The quantitative estimate of drug-likeness (QED) is 0.287. The van der Waals surface area contributed by atoms with Crippen molar-refractivity contribution in [2.75, 3.05) is 49.5 Å². The second-order valence-corrected chi connectivity index (χ2v) is 14.8. The summed E-state index contributed by atoms with van der Waals surface area (Å²) in [6, 6.07) is 13.3. The highest BCUT2D eigenvalue weighted by atomic mass is 32.2. The molecule has 0 aliphatic carbocycles. The van der Waals surface area contributed by atoms with Gasteiger partial charge >= 0.3 is 6.09 Å². The van der Waals surface area contributed by atoms with E-state index in [1.165, 1.54) is 19.2 Å². The van der Waals surface area contributed by atoms with Crippen LogP contribution in [0.2, 0.25) is 0 Å². The molecule has 2 amide bonds. The molecule has 1 aliphatic rings. The zero-order chi connectivity index (χ0) is 35.3. The third kappa shape index (κ3) is 9.40. The SMILES string of the molecule is COc1ccccc1Oc1c(NS(=O)(=O)c2ccc(C(C)(C)C)cc2)nc(N2CCN(C(=O)OC(C)(C)C)CC2)nc1OCCC(N)=O. The molecule has 48 heavy (non-hydrogen) atoms. The van der Waals surface area contributed by atoms with Gasteiger partial charge in [-0.15, -0.1) is 0 Å². The Labute approximate surface area is 281 Å². The number of nitrogens with zero attached hydrogens (tertiary/aromatic N) is 4. The molecule has 260 valence electrons. The summed E-state index contributed by atoms with van der Waals surface area (Å²) >= 11 is 0. The summed E-state index contributed by atoms with van der Waals surface area (Å²) in [6.45, 7) is 12.6. The van der Waals surface area contributed by atoms with Crippen molar-refractivity contribution in [1.29, 1.82) is 0 Å². The molecule has 2 heterocycles. The topological polar surface area (TPSA) is 176 Å². The molecule has 1 aromatic heterocycles. The number of piperazine rings is 1. The Bertz CT molecular complexity index is 1710. The second kappa shape index (κ2) is 14.5. The third-order valence-electron chi connectivity index (χ3n) is 7.17. The van der Waals surface area contributed by atoms with Crippen molar-refractivity contribution in [1.82, 2.24) is 14.9 Å². The minimum Gasteiger partial charge on any atom is -0.493 e. The van der Waals surface area contributed by atoms with E-state index in [1.807, 2.05) is 20.8 Å². The molecular weight excluding hydrogens is 640 g/mol. The van der Waals surface area contributed by atoms with Crippen LogP contribution in [0.4, 0.5) is 16.6 Å². The average Bonchev–Trinajstić information content (AvgIpc) is 3.01. The lowest BCUT2D eigenvalue weighted by Crippen LogP contribution is -2.50. The third-order valence-corrected chi connectivity index (χ3v) is 8.52. The number of nitrogens with one attached hydrogen (secondary N) is 1. The molecule has 0 saturated carbocycles. The molecular formula is C33H44N6O8S. The van der Waals surface area contributed by atoms with Crippen LogP contribution in [0.25, 0.3) is 0 Å². The van der Waals surface area contributed by atoms with Crippen molar-refractivity contribution in [2.45, 2.75) is 63.9 Å². The molecule has 0 spiro atoms. The number of carbonyl (C=O) groups is 2. The first-order valence-electron chi connectivity index (χ1n) is 15.5. The molecule has 3 aromatic rings. The number of anilines is 2. The van der Waals surface area contributed by atoms with Gasteiger partial charge in [-0.25, -0.2) is 13.2 Å². The highest BCUT2D eigenvalue weighted by molar-refractivity contribution is 7.92.